The molecule has 0 bridgehead atoms. The molecule has 2 aromatic carbocycles. The smallest absolute Gasteiger partial charge is 0.122 e. The molecule has 3 heteroatoms. The summed E-state index contributed by atoms with van der Waals surface area (Å²) in [5, 5.41) is 0. The highest BCUT2D eigenvalue weighted by atomic mass is 16.5. The van der Waals surface area contributed by atoms with Crippen molar-refractivity contribution in [3.8, 4) is 11.5 Å². The fourth-order valence-electron chi connectivity index (χ4n) is 2.74. The van der Waals surface area contributed by atoms with E-state index in [-0.39, 0.29) is 6.04 Å². The molecule has 0 saturated heterocycles. The summed E-state index contributed by atoms with van der Waals surface area (Å²) in [6, 6.07) is 16.2. The molecule has 110 valence electrons. The Morgan fingerprint density at radius 3 is 2.52 bits per heavy atom. The monoisotopic (exact) mass is 283 g/mol. The quantitative estimate of drug-likeness (QED) is 0.854. The first-order valence-electron chi connectivity index (χ1n) is 7.52. The van der Waals surface area contributed by atoms with E-state index >= 15 is 0 Å². The van der Waals surface area contributed by atoms with Crippen LogP contribution in [-0.2, 0) is 6.42 Å². The molecule has 0 fully saturated rings. The highest BCUT2D eigenvalue weighted by molar-refractivity contribution is 5.39. The number of hydrogen-bond donors (Lipinski definition) is 1. The van der Waals surface area contributed by atoms with Gasteiger partial charge in [-0.25, -0.2) is 0 Å². The normalized spacial score (nSPS) is 17.1. The van der Waals surface area contributed by atoms with Crippen LogP contribution in [-0.4, -0.2) is 13.2 Å². The Labute approximate surface area is 125 Å². The molecule has 1 aliphatic carbocycles. The molecule has 0 aromatic heterocycles. The van der Waals surface area contributed by atoms with Crippen molar-refractivity contribution < 1.29 is 9.47 Å². The van der Waals surface area contributed by atoms with Gasteiger partial charge in [0.15, 0.2) is 0 Å². The second-order valence-electron chi connectivity index (χ2n) is 5.37. The fraction of sp³-hybridized carbons (Fsp3) is 0.333. The highest BCUT2D eigenvalue weighted by Gasteiger charge is 2.17. The van der Waals surface area contributed by atoms with Crippen molar-refractivity contribution in [2.24, 2.45) is 5.73 Å². The summed E-state index contributed by atoms with van der Waals surface area (Å²) in [6.45, 7) is 1.07. The van der Waals surface area contributed by atoms with E-state index in [2.05, 4.69) is 12.1 Å². The first-order chi connectivity index (χ1) is 10.3. The van der Waals surface area contributed by atoms with Gasteiger partial charge in [-0.05, 0) is 54.7 Å². The third kappa shape index (κ3) is 3.56. The molecule has 0 heterocycles. The number of aryl methyl sites for hydroxylation is 1. The molecule has 0 amide bonds. The number of nitrogens with two attached hydrogens (primary N) is 1. The predicted octanol–water partition coefficient (Wildman–Crippen LogP) is 3.48. The summed E-state index contributed by atoms with van der Waals surface area (Å²) in [4.78, 5) is 0. The molecule has 0 saturated carbocycles. The molecule has 1 atom stereocenters. The highest BCUT2D eigenvalue weighted by Crippen LogP contribution is 2.30. The molecule has 2 N–H and O–H groups in total. The van der Waals surface area contributed by atoms with Crippen LogP contribution in [0.2, 0.25) is 0 Å². The van der Waals surface area contributed by atoms with Crippen LogP contribution in [0.3, 0.4) is 0 Å². The number of para-hydroxylation sites is 1. The maximum absolute atomic E-state index is 6.17. The van der Waals surface area contributed by atoms with Gasteiger partial charge in [0.05, 0.1) is 0 Å². The Kier molecular flexibility index (Phi) is 4.41. The SMILES string of the molecule is N[C@H]1CCCc2ccc(OCCOc3ccccc3)cc21. The molecule has 21 heavy (non-hydrogen) atoms. The topological polar surface area (TPSA) is 44.5 Å². The van der Waals surface area contributed by atoms with Crippen molar-refractivity contribution in [2.45, 2.75) is 25.3 Å². The molecular formula is C18H21NO2. The van der Waals surface area contributed by atoms with Gasteiger partial charge in [-0.3, -0.25) is 0 Å². The summed E-state index contributed by atoms with van der Waals surface area (Å²) >= 11 is 0. The van der Waals surface area contributed by atoms with Crippen molar-refractivity contribution in [1.82, 2.24) is 0 Å². The lowest BCUT2D eigenvalue weighted by Crippen LogP contribution is -2.17. The van der Waals surface area contributed by atoms with Crippen molar-refractivity contribution in [2.75, 3.05) is 13.2 Å². The zero-order valence-electron chi connectivity index (χ0n) is 12.1. The third-order valence-electron chi connectivity index (χ3n) is 3.84. The predicted molar refractivity (Wildman–Crippen MR) is 83.7 cm³/mol. The van der Waals surface area contributed by atoms with Crippen LogP contribution in [0.1, 0.15) is 30.0 Å². The van der Waals surface area contributed by atoms with Crippen LogP contribution in [0.15, 0.2) is 48.5 Å². The lowest BCUT2D eigenvalue weighted by atomic mass is 9.88. The maximum Gasteiger partial charge on any atom is 0.122 e. The molecule has 0 unspecified atom stereocenters. The zero-order chi connectivity index (χ0) is 14.5. The van der Waals surface area contributed by atoms with E-state index in [4.69, 9.17) is 15.2 Å². The summed E-state index contributed by atoms with van der Waals surface area (Å²) in [5.41, 5.74) is 8.77. The van der Waals surface area contributed by atoms with Crippen LogP contribution in [0.4, 0.5) is 0 Å². The van der Waals surface area contributed by atoms with Gasteiger partial charge in [0.2, 0.25) is 0 Å². The van der Waals surface area contributed by atoms with Crippen molar-refractivity contribution in [3.63, 3.8) is 0 Å². The average molecular weight is 283 g/mol. The first-order valence-corrected chi connectivity index (χ1v) is 7.52. The molecule has 0 spiro atoms. The molecule has 3 rings (SSSR count). The number of ether oxygens (including phenoxy) is 2. The molecule has 3 nitrogen and oxygen atoms in total. The third-order valence-corrected chi connectivity index (χ3v) is 3.84. The minimum absolute atomic E-state index is 0.151. The standard InChI is InChI=1S/C18H21NO2/c19-18-8-4-5-14-9-10-16(13-17(14)18)21-12-11-20-15-6-2-1-3-7-15/h1-3,6-7,9-10,13,18H,4-5,8,11-12,19H2/t18-/m0/s1. The zero-order valence-corrected chi connectivity index (χ0v) is 12.1. The van der Waals surface area contributed by atoms with Gasteiger partial charge in [-0.1, -0.05) is 24.3 Å². The molecule has 0 radical (unpaired) electrons. The Morgan fingerprint density at radius 2 is 1.71 bits per heavy atom. The maximum atomic E-state index is 6.17. The number of rotatable bonds is 5. The van der Waals surface area contributed by atoms with E-state index in [1.807, 2.05) is 36.4 Å². The minimum Gasteiger partial charge on any atom is -0.490 e. The van der Waals surface area contributed by atoms with Crippen LogP contribution in [0, 0.1) is 0 Å². The van der Waals surface area contributed by atoms with Crippen LogP contribution >= 0.6 is 0 Å². The van der Waals surface area contributed by atoms with Gasteiger partial charge < -0.3 is 15.2 Å². The summed E-state index contributed by atoms with van der Waals surface area (Å²) in [6.07, 6.45) is 3.37. The van der Waals surface area contributed by atoms with Crippen molar-refractivity contribution >= 4 is 0 Å². The van der Waals surface area contributed by atoms with Crippen LogP contribution < -0.4 is 15.2 Å². The van der Waals surface area contributed by atoms with Crippen LogP contribution in [0.25, 0.3) is 0 Å². The van der Waals surface area contributed by atoms with Gasteiger partial charge >= 0.3 is 0 Å². The molecular weight excluding hydrogens is 262 g/mol. The number of hydrogen-bond acceptors (Lipinski definition) is 3. The number of benzene rings is 2. The lowest BCUT2D eigenvalue weighted by Gasteiger charge is -2.22. The molecule has 0 aliphatic heterocycles. The second kappa shape index (κ2) is 6.64. The minimum atomic E-state index is 0.151. The summed E-state index contributed by atoms with van der Waals surface area (Å²) in [5.74, 6) is 1.75. The Hall–Kier alpha value is -2.00. The van der Waals surface area contributed by atoms with E-state index in [1.54, 1.807) is 0 Å². The average Bonchev–Trinajstić information content (AvgIpc) is 2.53. The van der Waals surface area contributed by atoms with Gasteiger partial charge in [0, 0.05) is 6.04 Å². The Bertz CT molecular complexity index is 583. The molecule has 1 aliphatic rings. The first kappa shape index (κ1) is 14.0. The second-order valence-corrected chi connectivity index (χ2v) is 5.37. The van der Waals surface area contributed by atoms with Gasteiger partial charge in [-0.15, -0.1) is 0 Å². The lowest BCUT2D eigenvalue weighted by molar-refractivity contribution is 0.217. The summed E-state index contributed by atoms with van der Waals surface area (Å²) in [7, 11) is 0. The van der Waals surface area contributed by atoms with E-state index in [1.165, 1.54) is 17.5 Å². The van der Waals surface area contributed by atoms with Gasteiger partial charge in [0.25, 0.3) is 0 Å². The van der Waals surface area contributed by atoms with E-state index < -0.39 is 0 Å². The molecule has 2 aromatic rings. The largest absolute Gasteiger partial charge is 0.490 e. The van der Waals surface area contributed by atoms with E-state index in [0.717, 1.165) is 24.3 Å². The Balaban J connectivity index is 1.53. The van der Waals surface area contributed by atoms with Gasteiger partial charge in [0.1, 0.15) is 24.7 Å². The van der Waals surface area contributed by atoms with Gasteiger partial charge in [-0.2, -0.15) is 0 Å². The van der Waals surface area contributed by atoms with Crippen molar-refractivity contribution in [1.29, 1.82) is 0 Å². The Morgan fingerprint density at radius 1 is 0.952 bits per heavy atom. The van der Waals surface area contributed by atoms with Crippen LogP contribution in [0.5, 0.6) is 11.5 Å². The fourth-order valence-corrected chi connectivity index (χ4v) is 2.74. The van der Waals surface area contributed by atoms with Crippen molar-refractivity contribution in [3.05, 3.63) is 59.7 Å². The van der Waals surface area contributed by atoms with E-state index in [0.29, 0.717) is 13.2 Å². The summed E-state index contributed by atoms with van der Waals surface area (Å²) < 4.78 is 11.4. The van der Waals surface area contributed by atoms with E-state index in [9.17, 15) is 0 Å². The number of fused-ring (bicyclic) bond motifs is 1.